The van der Waals surface area contributed by atoms with Gasteiger partial charge in [-0.1, -0.05) is 44.2 Å². The fourth-order valence-corrected chi connectivity index (χ4v) is 3.47. The van der Waals surface area contributed by atoms with E-state index in [9.17, 15) is 0 Å². The first-order valence-corrected chi connectivity index (χ1v) is 7.92. The van der Waals surface area contributed by atoms with Gasteiger partial charge in [-0.25, -0.2) is 4.98 Å². The Bertz CT molecular complexity index is 541. The molecule has 1 heterocycles. The van der Waals surface area contributed by atoms with Gasteiger partial charge in [-0.15, -0.1) is 11.6 Å². The second-order valence-corrected chi connectivity index (χ2v) is 5.86. The number of para-hydroxylation sites is 2. The van der Waals surface area contributed by atoms with Gasteiger partial charge in [0.15, 0.2) is 0 Å². The Hall–Kier alpha value is -1.02. The average Bonchev–Trinajstić information content (AvgIpc) is 2.84. The van der Waals surface area contributed by atoms with E-state index >= 15 is 0 Å². The Labute approximate surface area is 119 Å². The van der Waals surface area contributed by atoms with Crippen LogP contribution in [0.4, 0.5) is 0 Å². The quantitative estimate of drug-likeness (QED) is 0.737. The van der Waals surface area contributed by atoms with Gasteiger partial charge in [-0.3, -0.25) is 0 Å². The molecule has 3 heteroatoms. The second-order valence-electron chi connectivity index (χ2n) is 5.59. The molecule has 1 aromatic carbocycles. The first kappa shape index (κ1) is 13.0. The van der Waals surface area contributed by atoms with Crippen molar-refractivity contribution in [2.45, 2.75) is 50.9 Å². The van der Waals surface area contributed by atoms with Gasteiger partial charge >= 0.3 is 0 Å². The minimum Gasteiger partial charge on any atom is -0.327 e. The molecule has 1 aliphatic carbocycles. The molecular weight excluding hydrogens is 256 g/mol. The Morgan fingerprint density at radius 3 is 2.74 bits per heavy atom. The minimum absolute atomic E-state index is 0.499. The first-order chi connectivity index (χ1) is 9.38. The lowest BCUT2D eigenvalue weighted by atomic mass is 9.87. The highest BCUT2D eigenvalue weighted by atomic mass is 35.5. The molecule has 0 unspecified atom stereocenters. The number of aryl methyl sites for hydroxylation is 1. The molecule has 3 rings (SSSR count). The molecule has 1 aromatic heterocycles. The lowest BCUT2D eigenvalue weighted by Crippen LogP contribution is -2.11. The van der Waals surface area contributed by atoms with Crippen LogP contribution in [0, 0.1) is 5.92 Å². The van der Waals surface area contributed by atoms with Gasteiger partial charge < -0.3 is 4.57 Å². The van der Waals surface area contributed by atoms with Crippen molar-refractivity contribution in [2.75, 3.05) is 0 Å². The molecule has 0 amide bonds. The molecule has 1 fully saturated rings. The van der Waals surface area contributed by atoms with Crippen molar-refractivity contribution < 1.29 is 0 Å². The molecule has 0 radical (unpaired) electrons. The molecule has 2 nitrogen and oxygen atoms in total. The third-order valence-corrected chi connectivity index (χ3v) is 4.58. The predicted molar refractivity (Wildman–Crippen MR) is 80.5 cm³/mol. The van der Waals surface area contributed by atoms with Crippen LogP contribution in [-0.4, -0.2) is 9.55 Å². The summed E-state index contributed by atoms with van der Waals surface area (Å²) in [4.78, 5) is 4.63. The SMILES string of the molecule is ClCc1nc2ccccc2n1CCC1CCCCC1. The molecule has 0 saturated heterocycles. The second kappa shape index (κ2) is 5.96. The third-order valence-electron chi connectivity index (χ3n) is 4.34. The summed E-state index contributed by atoms with van der Waals surface area (Å²) in [7, 11) is 0. The fraction of sp³-hybridized carbons (Fsp3) is 0.562. The number of imidazole rings is 1. The molecule has 0 aliphatic heterocycles. The first-order valence-electron chi connectivity index (χ1n) is 7.38. The highest BCUT2D eigenvalue weighted by Gasteiger charge is 2.15. The van der Waals surface area contributed by atoms with Crippen LogP contribution in [0.5, 0.6) is 0 Å². The van der Waals surface area contributed by atoms with E-state index in [1.807, 2.05) is 6.07 Å². The Morgan fingerprint density at radius 1 is 1.16 bits per heavy atom. The number of benzene rings is 1. The van der Waals surface area contributed by atoms with E-state index in [0.29, 0.717) is 5.88 Å². The highest BCUT2D eigenvalue weighted by molar-refractivity contribution is 6.16. The van der Waals surface area contributed by atoms with Crippen LogP contribution in [-0.2, 0) is 12.4 Å². The van der Waals surface area contributed by atoms with Crippen molar-refractivity contribution in [3.8, 4) is 0 Å². The van der Waals surface area contributed by atoms with E-state index in [-0.39, 0.29) is 0 Å². The fourth-order valence-electron chi connectivity index (χ4n) is 3.26. The van der Waals surface area contributed by atoms with E-state index in [4.69, 9.17) is 11.6 Å². The average molecular weight is 277 g/mol. The van der Waals surface area contributed by atoms with E-state index in [1.165, 1.54) is 44.0 Å². The summed E-state index contributed by atoms with van der Waals surface area (Å²) in [5.74, 6) is 2.41. The number of hydrogen-bond donors (Lipinski definition) is 0. The summed E-state index contributed by atoms with van der Waals surface area (Å²) < 4.78 is 2.32. The van der Waals surface area contributed by atoms with Crippen LogP contribution >= 0.6 is 11.6 Å². The number of nitrogens with zero attached hydrogens (tertiary/aromatic N) is 2. The van der Waals surface area contributed by atoms with Crippen LogP contribution in [0.25, 0.3) is 11.0 Å². The van der Waals surface area contributed by atoms with E-state index in [2.05, 4.69) is 27.8 Å². The normalized spacial score (nSPS) is 17.1. The van der Waals surface area contributed by atoms with Crippen LogP contribution in [0.1, 0.15) is 44.3 Å². The van der Waals surface area contributed by atoms with Crippen LogP contribution in [0.3, 0.4) is 0 Å². The summed E-state index contributed by atoms with van der Waals surface area (Å²) >= 11 is 6.04. The van der Waals surface area contributed by atoms with Crippen molar-refractivity contribution in [1.29, 1.82) is 0 Å². The number of alkyl halides is 1. The molecule has 0 atom stereocenters. The van der Waals surface area contributed by atoms with Gasteiger partial charge in [0.05, 0.1) is 16.9 Å². The smallest absolute Gasteiger partial charge is 0.124 e. The van der Waals surface area contributed by atoms with Gasteiger partial charge in [-0.05, 0) is 24.5 Å². The lowest BCUT2D eigenvalue weighted by Gasteiger charge is -2.22. The minimum atomic E-state index is 0.499. The van der Waals surface area contributed by atoms with Gasteiger partial charge in [0.2, 0.25) is 0 Å². The number of aromatic nitrogens is 2. The third kappa shape index (κ3) is 2.79. The molecule has 1 aliphatic rings. The van der Waals surface area contributed by atoms with Gasteiger partial charge in [-0.2, -0.15) is 0 Å². The van der Waals surface area contributed by atoms with Crippen molar-refractivity contribution in [3.05, 3.63) is 30.1 Å². The van der Waals surface area contributed by atoms with Crippen LogP contribution in [0.15, 0.2) is 24.3 Å². The van der Waals surface area contributed by atoms with Gasteiger partial charge in [0.1, 0.15) is 5.82 Å². The highest BCUT2D eigenvalue weighted by Crippen LogP contribution is 2.28. The standard InChI is InChI=1S/C16H21ClN2/c17-12-16-18-14-8-4-5-9-15(14)19(16)11-10-13-6-2-1-3-7-13/h4-5,8-9,13H,1-3,6-7,10-12H2. The summed E-state index contributed by atoms with van der Waals surface area (Å²) in [6, 6.07) is 8.35. The molecule has 0 N–H and O–H groups in total. The van der Waals surface area contributed by atoms with E-state index in [0.717, 1.165) is 23.8 Å². The zero-order chi connectivity index (χ0) is 13.1. The summed E-state index contributed by atoms with van der Waals surface area (Å²) in [6.07, 6.45) is 8.34. The number of fused-ring (bicyclic) bond motifs is 1. The largest absolute Gasteiger partial charge is 0.327 e. The number of rotatable bonds is 4. The zero-order valence-corrected chi connectivity index (χ0v) is 12.1. The predicted octanol–water partition coefficient (Wildman–Crippen LogP) is 4.75. The molecule has 1 saturated carbocycles. The van der Waals surface area contributed by atoms with Crippen molar-refractivity contribution in [3.63, 3.8) is 0 Å². The molecule has 0 bridgehead atoms. The Morgan fingerprint density at radius 2 is 1.95 bits per heavy atom. The Kier molecular flexibility index (Phi) is 4.07. The molecular formula is C16H21ClN2. The number of hydrogen-bond acceptors (Lipinski definition) is 1. The van der Waals surface area contributed by atoms with Crippen molar-refractivity contribution in [2.24, 2.45) is 5.92 Å². The topological polar surface area (TPSA) is 17.8 Å². The summed E-state index contributed by atoms with van der Waals surface area (Å²) in [5, 5.41) is 0. The zero-order valence-electron chi connectivity index (χ0n) is 11.3. The maximum atomic E-state index is 6.04. The van der Waals surface area contributed by atoms with E-state index in [1.54, 1.807) is 0 Å². The lowest BCUT2D eigenvalue weighted by molar-refractivity contribution is 0.324. The summed E-state index contributed by atoms with van der Waals surface area (Å²) in [5.41, 5.74) is 2.30. The van der Waals surface area contributed by atoms with E-state index < -0.39 is 0 Å². The van der Waals surface area contributed by atoms with Crippen molar-refractivity contribution >= 4 is 22.6 Å². The monoisotopic (exact) mass is 276 g/mol. The van der Waals surface area contributed by atoms with Gasteiger partial charge in [0.25, 0.3) is 0 Å². The molecule has 19 heavy (non-hydrogen) atoms. The maximum Gasteiger partial charge on any atom is 0.124 e. The molecule has 102 valence electrons. The molecule has 2 aromatic rings. The molecule has 0 spiro atoms. The Balaban J connectivity index is 1.78. The summed E-state index contributed by atoms with van der Waals surface area (Å²) in [6.45, 7) is 1.06. The van der Waals surface area contributed by atoms with Crippen LogP contribution < -0.4 is 0 Å². The maximum absolute atomic E-state index is 6.04. The van der Waals surface area contributed by atoms with Crippen LogP contribution in [0.2, 0.25) is 0 Å². The van der Waals surface area contributed by atoms with Gasteiger partial charge in [0, 0.05) is 6.54 Å². The van der Waals surface area contributed by atoms with Crippen molar-refractivity contribution in [1.82, 2.24) is 9.55 Å². The number of halogens is 1.